The van der Waals surface area contributed by atoms with Gasteiger partial charge in [0.1, 0.15) is 17.3 Å². The molecule has 11 nitrogen and oxygen atoms in total. The second-order valence-electron chi connectivity index (χ2n) is 12.5. The molecule has 4 atom stereocenters. The van der Waals surface area contributed by atoms with E-state index in [0.29, 0.717) is 33.3 Å². The molecule has 13 heteroatoms. The summed E-state index contributed by atoms with van der Waals surface area (Å²) in [5, 5.41) is 12.9. The predicted octanol–water partition coefficient (Wildman–Crippen LogP) is 4.93. The van der Waals surface area contributed by atoms with Crippen LogP contribution in [0.2, 0.25) is 5.02 Å². The lowest BCUT2D eigenvalue weighted by atomic mass is 9.53. The van der Waals surface area contributed by atoms with Gasteiger partial charge in [-0.3, -0.25) is 15.0 Å². The summed E-state index contributed by atoms with van der Waals surface area (Å²) < 4.78 is 23.1. The molecular weight excluding hydrogens is 665 g/mol. The highest BCUT2D eigenvalue weighted by Gasteiger charge is 2.69. The Morgan fingerprint density at radius 1 is 0.920 bits per heavy atom. The van der Waals surface area contributed by atoms with Crippen molar-refractivity contribution >= 4 is 29.1 Å². The number of imide groups is 1. The summed E-state index contributed by atoms with van der Waals surface area (Å²) in [5.74, 6) is -3.64. The molecule has 252 valence electrons. The highest BCUT2D eigenvalue weighted by molar-refractivity contribution is 6.30. The SMILES string of the molecule is COc1ccc(O)c(C2C3=CCn4c(=O)n(-c5ccccc5)c(=O)n4C3CC3C(=O)N(Nc4ccc(F)cc4)C(=O)C32c2ccc(Cl)cc2)c1. The second kappa shape index (κ2) is 11.6. The predicted molar refractivity (Wildman–Crippen MR) is 182 cm³/mol. The molecule has 4 unspecified atom stereocenters. The number of nitrogens with zero attached hydrogens (tertiary/aromatic N) is 4. The fourth-order valence-electron chi connectivity index (χ4n) is 7.95. The molecule has 5 aromatic rings. The highest BCUT2D eigenvalue weighted by atomic mass is 35.5. The highest BCUT2D eigenvalue weighted by Crippen LogP contribution is 2.63. The van der Waals surface area contributed by atoms with Gasteiger partial charge in [0.15, 0.2) is 0 Å². The maximum absolute atomic E-state index is 15.2. The van der Waals surface area contributed by atoms with Crippen LogP contribution in [0.4, 0.5) is 10.1 Å². The number of carbonyl (C=O) groups is 2. The largest absolute Gasteiger partial charge is 0.508 e. The maximum Gasteiger partial charge on any atom is 0.352 e. The van der Waals surface area contributed by atoms with Crippen molar-refractivity contribution in [3.8, 4) is 17.2 Å². The third-order valence-electron chi connectivity index (χ3n) is 10.1. The van der Waals surface area contributed by atoms with Gasteiger partial charge in [0, 0.05) is 16.5 Å². The van der Waals surface area contributed by atoms with Crippen LogP contribution in [0.25, 0.3) is 5.69 Å². The second-order valence-corrected chi connectivity index (χ2v) is 12.9. The van der Waals surface area contributed by atoms with E-state index in [0.717, 1.165) is 9.58 Å². The fourth-order valence-corrected chi connectivity index (χ4v) is 8.08. The van der Waals surface area contributed by atoms with Gasteiger partial charge in [0.2, 0.25) is 0 Å². The van der Waals surface area contributed by atoms with Crippen molar-refractivity contribution in [1.82, 2.24) is 18.9 Å². The Labute approximate surface area is 289 Å². The van der Waals surface area contributed by atoms with Crippen molar-refractivity contribution in [2.24, 2.45) is 5.92 Å². The average molecular weight is 694 g/mol. The molecule has 2 aliphatic heterocycles. The van der Waals surface area contributed by atoms with Gasteiger partial charge in [-0.1, -0.05) is 48.0 Å². The molecule has 4 aromatic carbocycles. The van der Waals surface area contributed by atoms with Crippen LogP contribution in [-0.4, -0.2) is 43.0 Å². The number of rotatable bonds is 6. The van der Waals surface area contributed by atoms with Crippen LogP contribution in [0.15, 0.2) is 118 Å². The van der Waals surface area contributed by atoms with Crippen LogP contribution in [-0.2, 0) is 21.5 Å². The Morgan fingerprint density at radius 2 is 1.64 bits per heavy atom. The third-order valence-corrected chi connectivity index (χ3v) is 10.3. The van der Waals surface area contributed by atoms with E-state index in [1.807, 2.05) is 0 Å². The number of nitrogens with one attached hydrogen (secondary N) is 1. The zero-order chi connectivity index (χ0) is 34.9. The Kier molecular flexibility index (Phi) is 7.30. The van der Waals surface area contributed by atoms with Gasteiger partial charge >= 0.3 is 11.4 Å². The first kappa shape index (κ1) is 31.4. The molecule has 1 saturated heterocycles. The van der Waals surface area contributed by atoms with Crippen LogP contribution in [0.5, 0.6) is 11.5 Å². The molecular formula is C37H29ClFN5O6. The van der Waals surface area contributed by atoms with Gasteiger partial charge in [-0.2, -0.15) is 5.01 Å². The van der Waals surface area contributed by atoms with E-state index in [-0.39, 0.29) is 24.3 Å². The number of aromatic hydroxyl groups is 1. The molecule has 1 saturated carbocycles. The number of phenolic OH excluding ortho intramolecular Hbond substituents is 1. The number of amides is 2. The summed E-state index contributed by atoms with van der Waals surface area (Å²) in [7, 11) is 1.47. The zero-order valence-electron chi connectivity index (χ0n) is 26.5. The first-order valence-corrected chi connectivity index (χ1v) is 16.3. The number of benzene rings is 4. The fraction of sp³-hybridized carbons (Fsp3) is 0.189. The van der Waals surface area contributed by atoms with Crippen molar-refractivity contribution in [2.45, 2.75) is 30.3 Å². The zero-order valence-corrected chi connectivity index (χ0v) is 27.3. The summed E-state index contributed by atoms with van der Waals surface area (Å²) in [6, 6.07) is 24.2. The molecule has 2 amide bonds. The van der Waals surface area contributed by atoms with Crippen LogP contribution >= 0.6 is 11.6 Å². The lowest BCUT2D eigenvalue weighted by Crippen LogP contribution is -2.53. The number of hydrogen-bond acceptors (Lipinski definition) is 7. The van der Waals surface area contributed by atoms with Crippen molar-refractivity contribution in [3.63, 3.8) is 0 Å². The maximum atomic E-state index is 15.2. The minimum Gasteiger partial charge on any atom is -0.508 e. The number of allylic oxidation sites excluding steroid dienone is 2. The van der Waals surface area contributed by atoms with Crippen LogP contribution in [0.3, 0.4) is 0 Å². The van der Waals surface area contributed by atoms with Gasteiger partial charge in [0.25, 0.3) is 11.8 Å². The Hall–Kier alpha value is -5.88. The number of phenols is 1. The number of carbonyl (C=O) groups excluding carboxylic acids is 2. The Morgan fingerprint density at radius 3 is 2.34 bits per heavy atom. The summed E-state index contributed by atoms with van der Waals surface area (Å²) >= 11 is 6.33. The number of aromatic nitrogens is 3. The Bertz CT molecular complexity index is 2330. The smallest absolute Gasteiger partial charge is 0.352 e. The van der Waals surface area contributed by atoms with E-state index in [4.69, 9.17) is 16.3 Å². The standard InChI is InChI=1S/C37H29ClFN5O6/c1-50-26-15-16-31(45)28(19-26)32-27-17-18-41-35(48)42(25-5-3-2-4-6-25)36(49)44(41)30(27)20-29-33(46)43(40-24-13-11-23(39)12-14-24)34(47)37(29,32)21-7-9-22(38)10-8-21/h2-17,19,29-30,32,40,45H,18,20H2,1H3. The summed E-state index contributed by atoms with van der Waals surface area (Å²) in [5.41, 5.74) is 2.04. The number of anilines is 1. The van der Waals surface area contributed by atoms with Crippen molar-refractivity contribution < 1.29 is 23.8 Å². The first-order chi connectivity index (χ1) is 24.1. The van der Waals surface area contributed by atoms with E-state index in [9.17, 15) is 23.9 Å². The molecule has 2 N–H and O–H groups in total. The van der Waals surface area contributed by atoms with E-state index >= 15 is 4.79 Å². The number of para-hydroxylation sites is 1. The normalized spacial score (nSPS) is 22.4. The molecule has 1 aromatic heterocycles. The number of ether oxygens (including phenoxy) is 1. The third kappa shape index (κ3) is 4.48. The molecule has 0 spiro atoms. The summed E-state index contributed by atoms with van der Waals surface area (Å²) in [6.07, 6.45) is 1.76. The van der Waals surface area contributed by atoms with E-state index in [2.05, 4.69) is 5.43 Å². The number of hydrogen-bond donors (Lipinski definition) is 2. The van der Waals surface area contributed by atoms with Gasteiger partial charge in [0.05, 0.1) is 42.4 Å². The molecule has 3 heterocycles. The van der Waals surface area contributed by atoms with Crippen molar-refractivity contribution in [1.29, 1.82) is 0 Å². The molecule has 8 rings (SSSR count). The van der Waals surface area contributed by atoms with Crippen LogP contribution in [0.1, 0.15) is 29.5 Å². The van der Waals surface area contributed by atoms with E-state index in [1.54, 1.807) is 72.8 Å². The average Bonchev–Trinajstić information content (AvgIpc) is 3.51. The van der Waals surface area contributed by atoms with E-state index < -0.39 is 52.3 Å². The molecule has 1 aliphatic carbocycles. The minimum atomic E-state index is -1.67. The monoisotopic (exact) mass is 693 g/mol. The molecule has 0 bridgehead atoms. The topological polar surface area (TPSA) is 128 Å². The number of hydrazine groups is 1. The summed E-state index contributed by atoms with van der Waals surface area (Å²) in [6.45, 7) is -0.0119. The minimum absolute atomic E-state index is 0.0119. The van der Waals surface area contributed by atoms with Crippen molar-refractivity contribution in [3.05, 3.63) is 152 Å². The quantitative estimate of drug-likeness (QED) is 0.191. The van der Waals surface area contributed by atoms with Gasteiger partial charge in [-0.25, -0.2) is 27.9 Å². The first-order valence-electron chi connectivity index (χ1n) is 15.9. The van der Waals surface area contributed by atoms with Crippen molar-refractivity contribution in [2.75, 3.05) is 12.5 Å². The van der Waals surface area contributed by atoms with E-state index in [1.165, 1.54) is 46.8 Å². The Balaban J connectivity index is 1.40. The van der Waals surface area contributed by atoms with Crippen LogP contribution < -0.4 is 21.5 Å². The molecule has 50 heavy (non-hydrogen) atoms. The number of halogens is 2. The lowest BCUT2D eigenvalue weighted by molar-refractivity contribution is -0.138. The van der Waals surface area contributed by atoms with Gasteiger partial charge < -0.3 is 9.84 Å². The van der Waals surface area contributed by atoms with Crippen LogP contribution in [0, 0.1) is 11.7 Å². The van der Waals surface area contributed by atoms with Gasteiger partial charge in [-0.15, -0.1) is 0 Å². The molecule has 2 fully saturated rings. The van der Waals surface area contributed by atoms with Gasteiger partial charge in [-0.05, 0) is 84.3 Å². The molecule has 0 radical (unpaired) electrons. The number of fused-ring (bicyclic) bond motifs is 4. The lowest BCUT2D eigenvalue weighted by Gasteiger charge is -2.49. The number of methoxy groups -OCH3 is 1. The summed E-state index contributed by atoms with van der Waals surface area (Å²) in [4.78, 5) is 57.9. The molecule has 3 aliphatic rings.